The number of hydrogen-bond donors (Lipinski definition) is 1. The summed E-state index contributed by atoms with van der Waals surface area (Å²) in [6, 6.07) is 2.35. The third-order valence-electron chi connectivity index (χ3n) is 10.3. The van der Waals surface area contributed by atoms with Crippen molar-refractivity contribution < 1.29 is 37.1 Å². The number of ether oxygens (including phenoxy) is 1. The van der Waals surface area contributed by atoms with Crippen molar-refractivity contribution in [1.82, 2.24) is 39.9 Å². The number of amides is 2. The van der Waals surface area contributed by atoms with Gasteiger partial charge in [-0.05, 0) is 51.3 Å². The number of Topliss-reactive ketones (excluding diaryl/α,β-unsaturated/α-hetero) is 2. The van der Waals surface area contributed by atoms with Crippen LogP contribution in [0.15, 0.2) is 48.9 Å². The van der Waals surface area contributed by atoms with Gasteiger partial charge in [-0.15, -0.1) is 0 Å². The van der Waals surface area contributed by atoms with E-state index in [9.17, 15) is 32.3 Å². The number of nitrogens with zero attached hydrogens (tertiary/aromatic N) is 7. The zero-order valence-corrected chi connectivity index (χ0v) is 29.5. The van der Waals surface area contributed by atoms with Crippen LogP contribution in [0.1, 0.15) is 66.9 Å². The molecule has 53 heavy (non-hydrogen) atoms. The topological polar surface area (TPSA) is 162 Å². The number of ketones is 2. The van der Waals surface area contributed by atoms with Gasteiger partial charge < -0.3 is 15.0 Å². The highest BCUT2D eigenvalue weighted by Gasteiger charge is 2.67. The van der Waals surface area contributed by atoms with Crippen molar-refractivity contribution in [2.75, 3.05) is 13.2 Å². The molecule has 0 unspecified atom stereocenters. The van der Waals surface area contributed by atoms with Crippen molar-refractivity contribution >= 4 is 34.3 Å². The Morgan fingerprint density at radius 1 is 1.08 bits per heavy atom. The molecule has 1 saturated heterocycles. The van der Waals surface area contributed by atoms with Gasteiger partial charge in [0, 0.05) is 48.3 Å². The molecule has 0 radical (unpaired) electrons. The van der Waals surface area contributed by atoms with Gasteiger partial charge in [0.2, 0.25) is 11.8 Å². The van der Waals surface area contributed by atoms with Gasteiger partial charge in [-0.2, -0.15) is 18.3 Å². The average Bonchev–Trinajstić information content (AvgIpc) is 3.52. The molecule has 7 rings (SSSR count). The molecule has 2 amide bonds. The van der Waals surface area contributed by atoms with Crippen LogP contribution in [0.4, 0.5) is 13.2 Å². The van der Waals surface area contributed by atoms with Crippen LogP contribution in [-0.2, 0) is 44.9 Å². The summed E-state index contributed by atoms with van der Waals surface area (Å²) >= 11 is 0. The molecule has 2 aliphatic heterocycles. The monoisotopic (exact) mass is 730 g/mol. The molecule has 4 aromatic heterocycles. The lowest BCUT2D eigenvalue weighted by atomic mass is 9.90. The highest BCUT2D eigenvalue weighted by atomic mass is 19.4. The Hall–Kier alpha value is -5.38. The van der Waals surface area contributed by atoms with E-state index in [-0.39, 0.29) is 55.8 Å². The number of carbonyl (C=O) groups is 4. The minimum absolute atomic E-state index is 0.0761. The van der Waals surface area contributed by atoms with Gasteiger partial charge in [0.25, 0.3) is 0 Å². The lowest BCUT2D eigenvalue weighted by Crippen LogP contribution is -2.45. The Labute approximate surface area is 302 Å². The molecule has 1 saturated carbocycles. The quantitative estimate of drug-likeness (QED) is 0.238. The van der Waals surface area contributed by atoms with Gasteiger partial charge in [0.05, 0.1) is 54.2 Å². The molecule has 1 N–H and O–H groups in total. The van der Waals surface area contributed by atoms with E-state index in [1.807, 2.05) is 0 Å². The van der Waals surface area contributed by atoms with Crippen molar-refractivity contribution in [3.63, 3.8) is 0 Å². The molecule has 2 fully saturated rings. The highest BCUT2D eigenvalue weighted by Crippen LogP contribution is 2.59. The molecule has 1 aliphatic carbocycles. The molecule has 16 heteroatoms. The van der Waals surface area contributed by atoms with E-state index in [2.05, 4.69) is 30.4 Å². The Morgan fingerprint density at radius 2 is 1.83 bits per heavy atom. The summed E-state index contributed by atoms with van der Waals surface area (Å²) in [5.74, 6) is -0.960. The molecule has 4 aromatic rings. The van der Waals surface area contributed by atoms with Gasteiger partial charge in [0.1, 0.15) is 23.8 Å². The third-order valence-corrected chi connectivity index (χ3v) is 10.3. The van der Waals surface area contributed by atoms with Gasteiger partial charge >= 0.3 is 6.18 Å². The van der Waals surface area contributed by atoms with Crippen LogP contribution in [0.25, 0.3) is 22.2 Å². The Kier molecular flexibility index (Phi) is 8.99. The van der Waals surface area contributed by atoms with Crippen LogP contribution < -0.4 is 5.32 Å². The molecular weight excluding hydrogens is 693 g/mol. The number of likely N-dealkylation sites (tertiary alicyclic amines) is 1. The molecule has 3 aliphatic rings. The van der Waals surface area contributed by atoms with E-state index in [1.54, 1.807) is 51.4 Å². The second-order valence-electron chi connectivity index (χ2n) is 14.5. The summed E-state index contributed by atoms with van der Waals surface area (Å²) in [4.78, 5) is 72.7. The lowest BCUT2D eigenvalue weighted by Gasteiger charge is -2.27. The molecule has 6 heterocycles. The highest BCUT2D eigenvalue weighted by molar-refractivity contribution is 6.05. The van der Waals surface area contributed by atoms with Gasteiger partial charge in [-0.1, -0.05) is 18.2 Å². The second-order valence-corrected chi connectivity index (χ2v) is 14.5. The van der Waals surface area contributed by atoms with Crippen molar-refractivity contribution in [3.8, 4) is 11.3 Å². The molecule has 1 spiro atoms. The Balaban J connectivity index is 1.23. The zero-order chi connectivity index (χ0) is 37.9. The number of alkyl halides is 3. The van der Waals surface area contributed by atoms with Crippen LogP contribution in [-0.4, -0.2) is 83.2 Å². The first kappa shape index (κ1) is 36.0. The number of carbonyl (C=O) groups excluding carboxylic acids is 4. The largest absolute Gasteiger partial charge is 0.433 e. The van der Waals surface area contributed by atoms with Gasteiger partial charge in [-0.3, -0.25) is 28.8 Å². The van der Waals surface area contributed by atoms with Crippen molar-refractivity contribution in [2.24, 2.45) is 10.8 Å². The van der Waals surface area contributed by atoms with E-state index < -0.39 is 52.9 Å². The summed E-state index contributed by atoms with van der Waals surface area (Å²) in [7, 11) is 0. The van der Waals surface area contributed by atoms with Crippen molar-refractivity contribution in [3.05, 3.63) is 77.4 Å². The zero-order valence-electron chi connectivity index (χ0n) is 29.5. The fourth-order valence-electron chi connectivity index (χ4n) is 7.26. The molecule has 3 atom stereocenters. The van der Waals surface area contributed by atoms with Crippen molar-refractivity contribution in [1.29, 1.82) is 0 Å². The van der Waals surface area contributed by atoms with Gasteiger partial charge in [0.15, 0.2) is 11.6 Å². The minimum Gasteiger partial charge on any atom is -0.373 e. The van der Waals surface area contributed by atoms with E-state index in [4.69, 9.17) is 4.74 Å². The number of hydrogen-bond acceptors (Lipinski definition) is 10. The number of aryl methyl sites for hydroxylation is 1. The maximum Gasteiger partial charge on any atom is 0.433 e. The summed E-state index contributed by atoms with van der Waals surface area (Å²) < 4.78 is 48.3. The number of aromatic nitrogens is 6. The fraction of sp³-hybridized carbons (Fsp3) is 0.432. The summed E-state index contributed by atoms with van der Waals surface area (Å²) in [5.41, 5.74) is -0.775. The molecule has 13 nitrogen and oxygen atoms in total. The number of rotatable bonds is 4. The van der Waals surface area contributed by atoms with Crippen molar-refractivity contribution in [2.45, 2.75) is 78.4 Å². The number of nitrogens with one attached hydrogen (secondary N) is 1. The van der Waals surface area contributed by atoms with E-state index >= 15 is 0 Å². The molecular formula is C37H37F3N8O5. The lowest BCUT2D eigenvalue weighted by molar-refractivity contribution is -0.141. The van der Waals surface area contributed by atoms with E-state index in [0.717, 1.165) is 6.07 Å². The minimum atomic E-state index is -4.74. The Morgan fingerprint density at radius 3 is 2.55 bits per heavy atom. The van der Waals surface area contributed by atoms with E-state index in [1.165, 1.54) is 28.8 Å². The number of pyridine rings is 2. The van der Waals surface area contributed by atoms with E-state index in [0.29, 0.717) is 40.0 Å². The van der Waals surface area contributed by atoms with Crippen LogP contribution in [0, 0.1) is 17.8 Å². The van der Waals surface area contributed by atoms with Crippen LogP contribution in [0.2, 0.25) is 0 Å². The van der Waals surface area contributed by atoms with Crippen LogP contribution in [0.3, 0.4) is 0 Å². The van der Waals surface area contributed by atoms with Gasteiger partial charge in [-0.25, -0.2) is 15.0 Å². The van der Waals surface area contributed by atoms with Crippen LogP contribution in [0.5, 0.6) is 0 Å². The summed E-state index contributed by atoms with van der Waals surface area (Å²) in [5, 5.41) is 7.94. The number of piperidine rings is 1. The SMILES string of the molecule is CC(=O)c1nn(CC(=O)N2[C@H]3C[C@@]4(CNC(=O)C(C)(C)C=CCOCc5ccc(C(F)(F)F)nc5CC3=O)C[C@@H]24)c2cnc(-c3cnc(C)nc3)cc12. The maximum atomic E-state index is 14.3. The first-order chi connectivity index (χ1) is 25.1. The standard InChI is InChI=1S/C37H37F3N8O5/c1-20(49)33-24-10-25(23-14-41-21(2)42-15-23)43-16-28(24)47(46-33)17-32(51)48-27-12-36(13-31(36)48)19-44-34(52)35(3,4)8-5-9-53-18-22-6-7-30(37(38,39)40)45-26(22)11-29(27)50/h5-8,10,14-16,27,31H,9,11-13,17-19H2,1-4H3,(H,44,52)/t27-,31+,36-/m0/s1. The third kappa shape index (κ3) is 6.94. The number of fused-ring (bicyclic) bond motifs is 3. The number of halogens is 3. The summed E-state index contributed by atoms with van der Waals surface area (Å²) in [6.45, 7) is 6.41. The molecule has 0 aromatic carbocycles. The Bertz CT molecular complexity index is 2180. The van der Waals surface area contributed by atoms with Crippen LogP contribution >= 0.6 is 0 Å². The second kappa shape index (κ2) is 13.2. The predicted octanol–water partition coefficient (Wildman–Crippen LogP) is 4.21. The molecule has 276 valence electrons. The maximum absolute atomic E-state index is 14.3. The average molecular weight is 731 g/mol. The smallest absolute Gasteiger partial charge is 0.373 e. The normalized spacial score (nSPS) is 23.0. The first-order valence-corrected chi connectivity index (χ1v) is 17.2. The first-order valence-electron chi connectivity index (χ1n) is 17.2. The molecule has 2 bridgehead atoms. The summed E-state index contributed by atoms with van der Waals surface area (Å²) in [6.07, 6.45) is 3.61. The predicted molar refractivity (Wildman–Crippen MR) is 183 cm³/mol. The fourth-order valence-corrected chi connectivity index (χ4v) is 7.26.